The van der Waals surface area contributed by atoms with Gasteiger partial charge in [0.15, 0.2) is 0 Å². The maximum atomic E-state index is 12.4. The lowest BCUT2D eigenvalue weighted by molar-refractivity contribution is -0.117. The maximum absolute atomic E-state index is 12.4. The molecule has 2 aromatic carbocycles. The summed E-state index contributed by atoms with van der Waals surface area (Å²) in [5.74, 6) is 0.580. The van der Waals surface area contributed by atoms with Gasteiger partial charge in [-0.1, -0.05) is 29.8 Å². The van der Waals surface area contributed by atoms with E-state index in [1.54, 1.807) is 30.3 Å². The number of hydrazine groups is 1. The van der Waals surface area contributed by atoms with Crippen molar-refractivity contribution in [3.8, 4) is 11.5 Å². The number of rotatable bonds is 4. The summed E-state index contributed by atoms with van der Waals surface area (Å²) in [5.41, 5.74) is 7.36. The highest BCUT2D eigenvalue weighted by molar-refractivity contribution is 6.32. The normalized spacial score (nSPS) is 19.9. The molecule has 3 rings (SSSR count). The number of hydrogen-bond donors (Lipinski definition) is 4. The molecule has 0 aromatic heterocycles. The highest BCUT2D eigenvalue weighted by atomic mass is 35.5. The molecule has 4 N–H and O–H groups in total. The molecule has 1 aliphatic heterocycles. The molecule has 1 amide bonds. The number of hydrogen-bond acceptors (Lipinski definition) is 5. The number of nitrogens with one attached hydrogen (secondary N) is 3. The Morgan fingerprint density at radius 3 is 2.79 bits per heavy atom. The Labute approximate surface area is 144 Å². The van der Waals surface area contributed by atoms with Gasteiger partial charge in [-0.15, -0.1) is 0 Å². The number of phenolic OH excluding ortho intramolecular Hbond substituents is 1. The summed E-state index contributed by atoms with van der Waals surface area (Å²) in [4.78, 5) is 12.4. The second kappa shape index (κ2) is 7.09. The van der Waals surface area contributed by atoms with E-state index in [-0.39, 0.29) is 17.7 Å². The highest BCUT2D eigenvalue weighted by Gasteiger charge is 2.31. The molecule has 1 saturated heterocycles. The van der Waals surface area contributed by atoms with E-state index in [1.165, 1.54) is 7.11 Å². The van der Waals surface area contributed by atoms with Crippen LogP contribution >= 0.6 is 11.6 Å². The Hall–Kier alpha value is -2.28. The smallest absolute Gasteiger partial charge is 0.242 e. The number of carbonyl (C=O) groups excluding carboxylic acids is 1. The Balaban J connectivity index is 1.65. The zero-order valence-corrected chi connectivity index (χ0v) is 13.8. The van der Waals surface area contributed by atoms with Crippen molar-refractivity contribution in [1.29, 1.82) is 0 Å². The van der Waals surface area contributed by atoms with Crippen LogP contribution in [0.4, 0.5) is 5.69 Å². The molecule has 2 aromatic rings. The van der Waals surface area contributed by atoms with Crippen molar-refractivity contribution >= 4 is 23.2 Å². The molecule has 0 spiro atoms. The average Bonchev–Trinajstić information content (AvgIpc) is 3.05. The summed E-state index contributed by atoms with van der Waals surface area (Å²) >= 11 is 6.06. The van der Waals surface area contributed by atoms with Gasteiger partial charge in [0.2, 0.25) is 5.91 Å². The monoisotopic (exact) mass is 347 g/mol. The van der Waals surface area contributed by atoms with E-state index in [4.69, 9.17) is 16.3 Å². The third kappa shape index (κ3) is 3.46. The van der Waals surface area contributed by atoms with Gasteiger partial charge in [0, 0.05) is 11.3 Å². The van der Waals surface area contributed by atoms with Crippen molar-refractivity contribution in [1.82, 2.24) is 10.9 Å². The van der Waals surface area contributed by atoms with Gasteiger partial charge < -0.3 is 15.2 Å². The molecule has 6 nitrogen and oxygen atoms in total. The first-order valence-electron chi connectivity index (χ1n) is 7.52. The predicted octanol–water partition coefficient (Wildman–Crippen LogP) is 2.60. The molecule has 0 bridgehead atoms. The number of anilines is 1. The van der Waals surface area contributed by atoms with Gasteiger partial charge >= 0.3 is 0 Å². The molecule has 2 unspecified atom stereocenters. The van der Waals surface area contributed by atoms with E-state index in [2.05, 4.69) is 16.2 Å². The van der Waals surface area contributed by atoms with Gasteiger partial charge in [-0.25, -0.2) is 10.9 Å². The summed E-state index contributed by atoms with van der Waals surface area (Å²) in [6, 6.07) is 11.6. The molecule has 0 saturated carbocycles. The second-order valence-electron chi connectivity index (χ2n) is 5.53. The summed E-state index contributed by atoms with van der Waals surface area (Å²) in [6.45, 7) is 0. The van der Waals surface area contributed by atoms with E-state index < -0.39 is 6.04 Å². The zero-order valence-electron chi connectivity index (χ0n) is 13.0. The fourth-order valence-corrected chi connectivity index (χ4v) is 2.95. The Bertz CT molecular complexity index is 754. The molecule has 1 fully saturated rings. The van der Waals surface area contributed by atoms with Gasteiger partial charge in [-0.2, -0.15) is 0 Å². The van der Waals surface area contributed by atoms with Gasteiger partial charge in [0.05, 0.1) is 18.2 Å². The SMILES string of the molecule is COc1ccc(NC(=O)C2CC(c3ccccc3O)NN2)cc1Cl. The largest absolute Gasteiger partial charge is 0.508 e. The lowest BCUT2D eigenvalue weighted by Crippen LogP contribution is -2.39. The molecule has 0 radical (unpaired) electrons. The number of phenols is 1. The minimum absolute atomic E-state index is 0.138. The number of methoxy groups -OCH3 is 1. The molecule has 0 aliphatic carbocycles. The van der Waals surface area contributed by atoms with E-state index in [0.29, 0.717) is 22.9 Å². The average molecular weight is 348 g/mol. The van der Waals surface area contributed by atoms with Crippen LogP contribution in [0.25, 0.3) is 0 Å². The zero-order chi connectivity index (χ0) is 17.1. The summed E-state index contributed by atoms with van der Waals surface area (Å²) in [7, 11) is 1.53. The third-order valence-electron chi connectivity index (χ3n) is 3.95. The number of benzene rings is 2. The fraction of sp³-hybridized carbons (Fsp3) is 0.235. The molecule has 1 heterocycles. The highest BCUT2D eigenvalue weighted by Crippen LogP contribution is 2.30. The van der Waals surface area contributed by atoms with E-state index >= 15 is 0 Å². The van der Waals surface area contributed by atoms with Gasteiger partial charge in [-0.05, 0) is 30.7 Å². The van der Waals surface area contributed by atoms with E-state index in [9.17, 15) is 9.90 Å². The van der Waals surface area contributed by atoms with Crippen LogP contribution in [0.1, 0.15) is 18.0 Å². The number of amides is 1. The Morgan fingerprint density at radius 2 is 2.08 bits per heavy atom. The van der Waals surface area contributed by atoms with E-state index in [0.717, 1.165) is 5.56 Å². The number of para-hydroxylation sites is 1. The molecule has 7 heteroatoms. The Morgan fingerprint density at radius 1 is 1.29 bits per heavy atom. The van der Waals surface area contributed by atoms with Gasteiger partial charge in [0.1, 0.15) is 17.5 Å². The molecule has 1 aliphatic rings. The lowest BCUT2D eigenvalue weighted by atomic mass is 10.0. The van der Waals surface area contributed by atoms with Crippen molar-refractivity contribution in [2.45, 2.75) is 18.5 Å². The quantitative estimate of drug-likeness (QED) is 0.683. The van der Waals surface area contributed by atoms with Crippen LogP contribution in [-0.4, -0.2) is 24.2 Å². The first-order valence-corrected chi connectivity index (χ1v) is 7.89. The number of carbonyl (C=O) groups is 1. The van der Waals surface area contributed by atoms with Crippen molar-refractivity contribution < 1.29 is 14.6 Å². The lowest BCUT2D eigenvalue weighted by Gasteiger charge is -2.12. The van der Waals surface area contributed by atoms with E-state index in [1.807, 2.05) is 12.1 Å². The molecule has 2 atom stereocenters. The van der Waals surface area contributed by atoms with Crippen LogP contribution in [0.15, 0.2) is 42.5 Å². The van der Waals surface area contributed by atoms with Crippen molar-refractivity contribution in [2.75, 3.05) is 12.4 Å². The number of aromatic hydroxyl groups is 1. The molecule has 126 valence electrons. The van der Waals surface area contributed by atoms with Gasteiger partial charge in [-0.3, -0.25) is 4.79 Å². The van der Waals surface area contributed by atoms with Crippen LogP contribution in [-0.2, 0) is 4.79 Å². The van der Waals surface area contributed by atoms with Crippen molar-refractivity contribution in [3.05, 3.63) is 53.1 Å². The number of halogens is 1. The summed E-state index contributed by atoms with van der Waals surface area (Å²) in [5, 5.41) is 13.2. The third-order valence-corrected chi connectivity index (χ3v) is 4.25. The minimum atomic E-state index is -0.421. The van der Waals surface area contributed by atoms with Crippen molar-refractivity contribution in [2.24, 2.45) is 0 Å². The first-order chi connectivity index (χ1) is 11.6. The van der Waals surface area contributed by atoms with Crippen LogP contribution in [0, 0.1) is 0 Å². The Kier molecular flexibility index (Phi) is 4.89. The van der Waals surface area contributed by atoms with Crippen molar-refractivity contribution in [3.63, 3.8) is 0 Å². The summed E-state index contributed by atoms with van der Waals surface area (Å²) in [6.07, 6.45) is 0.521. The topological polar surface area (TPSA) is 82.6 Å². The number of ether oxygens (including phenoxy) is 1. The molecular formula is C17H18ClN3O3. The minimum Gasteiger partial charge on any atom is -0.508 e. The van der Waals surface area contributed by atoms with Gasteiger partial charge in [0.25, 0.3) is 0 Å². The maximum Gasteiger partial charge on any atom is 0.242 e. The second-order valence-corrected chi connectivity index (χ2v) is 5.93. The standard InChI is InChI=1S/C17H18ClN3O3/c1-24-16-7-6-10(8-12(16)18)19-17(23)14-9-13(20-21-14)11-4-2-3-5-15(11)22/h2-8,13-14,20-22H,9H2,1H3,(H,19,23). The fourth-order valence-electron chi connectivity index (χ4n) is 2.69. The van der Waals surface area contributed by atoms with Crippen LogP contribution in [0.5, 0.6) is 11.5 Å². The van der Waals surface area contributed by atoms with Crippen LogP contribution in [0.2, 0.25) is 5.02 Å². The first kappa shape index (κ1) is 16.6. The molecule has 24 heavy (non-hydrogen) atoms. The summed E-state index contributed by atoms with van der Waals surface area (Å²) < 4.78 is 5.09. The molecular weight excluding hydrogens is 330 g/mol. The van der Waals surface area contributed by atoms with Crippen LogP contribution in [0.3, 0.4) is 0 Å². The van der Waals surface area contributed by atoms with Crippen LogP contribution < -0.4 is 20.9 Å². The predicted molar refractivity (Wildman–Crippen MR) is 92.2 cm³/mol.